The van der Waals surface area contributed by atoms with Gasteiger partial charge in [-0.1, -0.05) is 24.3 Å². The number of ether oxygens (including phenoxy) is 1. The lowest BCUT2D eigenvalue weighted by atomic mass is 9.86. The van der Waals surface area contributed by atoms with Crippen LogP contribution in [0, 0.1) is 11.6 Å². The van der Waals surface area contributed by atoms with Crippen molar-refractivity contribution in [1.29, 1.82) is 0 Å². The van der Waals surface area contributed by atoms with Gasteiger partial charge in [0.2, 0.25) is 0 Å². The third kappa shape index (κ3) is 4.07. The maximum Gasteiger partial charge on any atom is 0.308 e. The molecule has 0 bridgehead atoms. The fourth-order valence-electron chi connectivity index (χ4n) is 3.54. The summed E-state index contributed by atoms with van der Waals surface area (Å²) in [6, 6.07) is 11.9. The molecule has 1 atom stereocenters. The van der Waals surface area contributed by atoms with Crippen molar-refractivity contribution in [3.63, 3.8) is 0 Å². The summed E-state index contributed by atoms with van der Waals surface area (Å²) in [5.41, 5.74) is 1.51. The monoisotopic (exact) mass is 419 g/mol. The molecule has 2 aromatic carbocycles. The van der Waals surface area contributed by atoms with Gasteiger partial charge in [-0.3, -0.25) is 0 Å². The molecular formula is C20H19F2N3O3S. The Morgan fingerprint density at radius 3 is 2.10 bits per heavy atom. The number of hydrogen-bond acceptors (Lipinski definition) is 4. The minimum absolute atomic E-state index is 0.0972. The van der Waals surface area contributed by atoms with Crippen molar-refractivity contribution in [3.8, 4) is 0 Å². The van der Waals surface area contributed by atoms with Gasteiger partial charge in [-0.15, -0.1) is 0 Å². The van der Waals surface area contributed by atoms with Crippen LogP contribution in [0.5, 0.6) is 0 Å². The van der Waals surface area contributed by atoms with Crippen LogP contribution in [0.3, 0.4) is 0 Å². The van der Waals surface area contributed by atoms with Gasteiger partial charge < -0.3 is 4.74 Å². The standard InChI is InChI=1S/C20H19F2N3O3S/c21-17-5-1-15(2-6-17)20(16-3-7-18(22)8-4-16)19-13-24(11-12-28-19)29(26,27)25-10-9-23-14-25/h1-10,14,19-20H,11-13H2. The van der Waals surface area contributed by atoms with E-state index in [1.807, 2.05) is 0 Å². The predicted molar refractivity (Wildman–Crippen MR) is 103 cm³/mol. The van der Waals surface area contributed by atoms with E-state index < -0.39 is 22.2 Å². The van der Waals surface area contributed by atoms with Crippen LogP contribution < -0.4 is 0 Å². The van der Waals surface area contributed by atoms with Crippen LogP contribution in [-0.2, 0) is 14.9 Å². The molecule has 1 aliphatic heterocycles. The molecule has 152 valence electrons. The van der Waals surface area contributed by atoms with E-state index in [9.17, 15) is 17.2 Å². The molecule has 3 aromatic rings. The number of benzene rings is 2. The number of imidazole rings is 1. The molecule has 0 amide bonds. The molecule has 1 fully saturated rings. The molecule has 0 radical (unpaired) electrons. The summed E-state index contributed by atoms with van der Waals surface area (Å²) < 4.78 is 61.0. The van der Waals surface area contributed by atoms with Gasteiger partial charge >= 0.3 is 10.2 Å². The van der Waals surface area contributed by atoms with Crippen molar-refractivity contribution in [3.05, 3.63) is 90.0 Å². The lowest BCUT2D eigenvalue weighted by Crippen LogP contribution is -2.49. The van der Waals surface area contributed by atoms with Crippen LogP contribution in [0.15, 0.2) is 67.3 Å². The zero-order chi connectivity index (χ0) is 20.4. The first-order chi connectivity index (χ1) is 13.9. The Kier molecular flexibility index (Phi) is 5.44. The van der Waals surface area contributed by atoms with E-state index >= 15 is 0 Å². The summed E-state index contributed by atoms with van der Waals surface area (Å²) in [4.78, 5) is 3.80. The first-order valence-corrected chi connectivity index (χ1v) is 10.5. The predicted octanol–water partition coefficient (Wildman–Crippen LogP) is 2.79. The molecule has 1 unspecified atom stereocenters. The lowest BCUT2D eigenvalue weighted by molar-refractivity contribution is -0.0103. The maximum atomic E-state index is 13.4. The number of hydrogen-bond donors (Lipinski definition) is 0. The fraction of sp³-hybridized carbons (Fsp3) is 0.250. The Hall–Kier alpha value is -2.62. The normalized spacial score (nSPS) is 18.2. The van der Waals surface area contributed by atoms with E-state index in [1.165, 1.54) is 47.3 Å². The summed E-state index contributed by atoms with van der Waals surface area (Å²) in [7, 11) is -3.78. The maximum absolute atomic E-state index is 13.4. The van der Waals surface area contributed by atoms with Crippen molar-refractivity contribution >= 4 is 10.2 Å². The van der Waals surface area contributed by atoms with Crippen LogP contribution in [0.4, 0.5) is 8.78 Å². The summed E-state index contributed by atoms with van der Waals surface area (Å²) in [5, 5.41) is 0. The van der Waals surface area contributed by atoms with E-state index in [2.05, 4.69) is 4.98 Å². The molecule has 29 heavy (non-hydrogen) atoms. The molecule has 0 saturated carbocycles. The molecule has 1 aliphatic rings. The van der Waals surface area contributed by atoms with Crippen LogP contribution in [0.25, 0.3) is 0 Å². The van der Waals surface area contributed by atoms with Gasteiger partial charge in [0.15, 0.2) is 0 Å². The molecule has 6 nitrogen and oxygen atoms in total. The number of morpholine rings is 1. The number of halogens is 2. The van der Waals surface area contributed by atoms with Gasteiger partial charge in [0.05, 0.1) is 12.7 Å². The highest BCUT2D eigenvalue weighted by atomic mass is 32.2. The summed E-state index contributed by atoms with van der Waals surface area (Å²) in [6.07, 6.45) is 3.47. The van der Waals surface area contributed by atoms with Crippen LogP contribution >= 0.6 is 0 Å². The van der Waals surface area contributed by atoms with E-state index in [4.69, 9.17) is 4.74 Å². The largest absolute Gasteiger partial charge is 0.374 e. The second kappa shape index (κ2) is 8.02. The van der Waals surface area contributed by atoms with E-state index in [1.54, 1.807) is 24.3 Å². The van der Waals surface area contributed by atoms with Crippen molar-refractivity contribution in [2.24, 2.45) is 0 Å². The summed E-state index contributed by atoms with van der Waals surface area (Å²) >= 11 is 0. The van der Waals surface area contributed by atoms with Crippen LogP contribution in [0.2, 0.25) is 0 Å². The van der Waals surface area contributed by atoms with E-state index in [0.29, 0.717) is 0 Å². The Balaban J connectivity index is 1.68. The van der Waals surface area contributed by atoms with Gasteiger partial charge in [-0.05, 0) is 35.4 Å². The first kappa shape index (κ1) is 19.7. The lowest BCUT2D eigenvalue weighted by Gasteiger charge is -2.36. The number of aromatic nitrogens is 2. The van der Waals surface area contributed by atoms with Gasteiger partial charge in [-0.25, -0.2) is 17.7 Å². The second-order valence-corrected chi connectivity index (χ2v) is 8.58. The van der Waals surface area contributed by atoms with Gasteiger partial charge in [0.25, 0.3) is 0 Å². The third-order valence-corrected chi connectivity index (χ3v) is 6.69. The number of rotatable bonds is 5. The Morgan fingerprint density at radius 1 is 1.00 bits per heavy atom. The van der Waals surface area contributed by atoms with E-state index in [-0.39, 0.29) is 31.3 Å². The quantitative estimate of drug-likeness (QED) is 0.638. The summed E-state index contributed by atoms with van der Waals surface area (Å²) in [5.74, 6) is -1.14. The highest BCUT2D eigenvalue weighted by Crippen LogP contribution is 2.32. The minimum atomic E-state index is -3.78. The smallest absolute Gasteiger partial charge is 0.308 e. The molecule has 0 aliphatic carbocycles. The van der Waals surface area contributed by atoms with Crippen molar-refractivity contribution in [2.75, 3.05) is 19.7 Å². The van der Waals surface area contributed by atoms with Crippen LogP contribution in [-0.4, -0.2) is 47.5 Å². The van der Waals surface area contributed by atoms with Crippen molar-refractivity contribution in [2.45, 2.75) is 12.0 Å². The molecule has 1 aromatic heterocycles. The Labute approximate surface area is 167 Å². The molecule has 0 N–H and O–H groups in total. The first-order valence-electron chi connectivity index (χ1n) is 9.06. The van der Waals surface area contributed by atoms with Gasteiger partial charge in [0, 0.05) is 31.4 Å². The molecule has 0 spiro atoms. The zero-order valence-electron chi connectivity index (χ0n) is 15.4. The molecular weight excluding hydrogens is 400 g/mol. The van der Waals surface area contributed by atoms with Crippen LogP contribution in [0.1, 0.15) is 17.0 Å². The molecule has 1 saturated heterocycles. The van der Waals surface area contributed by atoms with Gasteiger partial charge in [0.1, 0.15) is 18.0 Å². The zero-order valence-corrected chi connectivity index (χ0v) is 16.2. The molecule has 4 rings (SSSR count). The van der Waals surface area contributed by atoms with Crippen molar-refractivity contribution < 1.29 is 21.9 Å². The molecule has 9 heteroatoms. The second-order valence-electron chi connectivity index (χ2n) is 6.75. The topological polar surface area (TPSA) is 64.4 Å². The highest BCUT2D eigenvalue weighted by Gasteiger charge is 2.36. The minimum Gasteiger partial charge on any atom is -0.374 e. The Morgan fingerprint density at radius 2 is 1.59 bits per heavy atom. The third-order valence-electron chi connectivity index (χ3n) is 4.96. The highest BCUT2D eigenvalue weighted by molar-refractivity contribution is 7.87. The van der Waals surface area contributed by atoms with Gasteiger partial charge in [-0.2, -0.15) is 12.7 Å². The van der Waals surface area contributed by atoms with Crippen molar-refractivity contribution in [1.82, 2.24) is 13.3 Å². The average Bonchev–Trinajstić information content (AvgIpc) is 3.27. The SMILES string of the molecule is O=S(=O)(N1CCOC(C(c2ccc(F)cc2)c2ccc(F)cc2)C1)n1ccnc1. The van der Waals surface area contributed by atoms with E-state index in [0.717, 1.165) is 15.1 Å². The summed E-state index contributed by atoms with van der Waals surface area (Å²) in [6.45, 7) is 0.508. The fourth-order valence-corrected chi connectivity index (χ4v) is 4.83. The molecule has 2 heterocycles. The Bertz CT molecular complexity index is 1010. The average molecular weight is 419 g/mol. The number of nitrogens with zero attached hydrogens (tertiary/aromatic N) is 3.